The Morgan fingerprint density at radius 1 is 1.32 bits per heavy atom. The van der Waals surface area contributed by atoms with E-state index in [0.29, 0.717) is 31.9 Å². The van der Waals surface area contributed by atoms with Gasteiger partial charge >= 0.3 is 0 Å². The van der Waals surface area contributed by atoms with Gasteiger partial charge in [0.15, 0.2) is 9.84 Å². The van der Waals surface area contributed by atoms with Gasteiger partial charge in [-0.3, -0.25) is 14.9 Å². The minimum absolute atomic E-state index is 0.0240. The Hall–Kier alpha value is -2.20. The zero-order valence-electron chi connectivity index (χ0n) is 14.2. The van der Waals surface area contributed by atoms with E-state index in [9.17, 15) is 23.3 Å². The van der Waals surface area contributed by atoms with Gasteiger partial charge in [0.2, 0.25) is 5.91 Å². The summed E-state index contributed by atoms with van der Waals surface area (Å²) in [4.78, 5) is 26.3. The Labute approximate surface area is 146 Å². The molecule has 10 heteroatoms. The number of piperazine rings is 1. The van der Waals surface area contributed by atoms with Gasteiger partial charge in [-0.25, -0.2) is 8.42 Å². The van der Waals surface area contributed by atoms with Crippen LogP contribution in [-0.2, 0) is 14.6 Å². The number of nitrogens with two attached hydrogens (primary N) is 1. The maximum absolute atomic E-state index is 12.2. The molecule has 0 aliphatic carbocycles. The average Bonchev–Trinajstić information content (AvgIpc) is 2.59. The van der Waals surface area contributed by atoms with E-state index in [0.717, 1.165) is 12.3 Å². The number of nitro groups is 1. The lowest BCUT2D eigenvalue weighted by Crippen LogP contribution is -2.51. The van der Waals surface area contributed by atoms with Crippen LogP contribution < -0.4 is 10.6 Å². The third-order valence-electron chi connectivity index (χ3n) is 4.28. The number of nitrogens with zero attached hydrogens (tertiary/aromatic N) is 3. The Balaban J connectivity index is 2.21. The van der Waals surface area contributed by atoms with Gasteiger partial charge in [-0.1, -0.05) is 6.92 Å². The molecule has 0 spiro atoms. The molecule has 0 aromatic heterocycles. The molecule has 1 amide bonds. The van der Waals surface area contributed by atoms with Crippen molar-refractivity contribution in [2.45, 2.75) is 11.8 Å². The fourth-order valence-corrected chi connectivity index (χ4v) is 3.37. The number of nitro benzene ring substituents is 1. The topological polar surface area (TPSA) is 127 Å². The highest BCUT2D eigenvalue weighted by molar-refractivity contribution is 7.90. The maximum Gasteiger partial charge on any atom is 0.293 e. The largest absolute Gasteiger partial charge is 0.362 e. The molecule has 1 fully saturated rings. The molecule has 1 aliphatic heterocycles. The molecule has 0 radical (unpaired) electrons. The number of carbonyl (C=O) groups excluding carboxylic acids is 1. The third kappa shape index (κ3) is 4.26. The second-order valence-electron chi connectivity index (χ2n) is 6.13. The van der Waals surface area contributed by atoms with Crippen LogP contribution in [0.5, 0.6) is 0 Å². The molecule has 1 saturated heterocycles. The van der Waals surface area contributed by atoms with Crippen LogP contribution in [0.25, 0.3) is 0 Å². The van der Waals surface area contributed by atoms with Crippen LogP contribution in [0.1, 0.15) is 6.92 Å². The molecule has 1 atom stereocenters. The normalized spacial score (nSPS) is 16.6. The number of hydrogen-bond acceptors (Lipinski definition) is 7. The van der Waals surface area contributed by atoms with E-state index in [1.54, 1.807) is 16.7 Å². The van der Waals surface area contributed by atoms with Gasteiger partial charge in [0.25, 0.3) is 5.69 Å². The van der Waals surface area contributed by atoms with E-state index in [-0.39, 0.29) is 29.0 Å². The SMILES string of the molecule is CC(CN)C(=O)N1CCN(c2ccc(S(C)(=O)=O)cc2[N+](=O)[O-])CC1. The van der Waals surface area contributed by atoms with Crippen molar-refractivity contribution < 1.29 is 18.1 Å². The summed E-state index contributed by atoms with van der Waals surface area (Å²) < 4.78 is 23.2. The summed E-state index contributed by atoms with van der Waals surface area (Å²) in [6.07, 6.45) is 1.01. The average molecular weight is 370 g/mol. The quantitative estimate of drug-likeness (QED) is 0.581. The summed E-state index contributed by atoms with van der Waals surface area (Å²) >= 11 is 0. The fraction of sp³-hybridized carbons (Fsp3) is 0.533. The van der Waals surface area contributed by atoms with E-state index < -0.39 is 14.8 Å². The highest BCUT2D eigenvalue weighted by atomic mass is 32.2. The first-order valence-electron chi connectivity index (χ1n) is 7.87. The Morgan fingerprint density at radius 2 is 1.92 bits per heavy atom. The molecule has 1 aromatic rings. The molecular formula is C15H22N4O5S. The zero-order valence-corrected chi connectivity index (χ0v) is 15.0. The Morgan fingerprint density at radius 3 is 2.40 bits per heavy atom. The highest BCUT2D eigenvalue weighted by Gasteiger charge is 2.28. The van der Waals surface area contributed by atoms with Gasteiger partial charge in [0.1, 0.15) is 5.69 Å². The van der Waals surface area contributed by atoms with Gasteiger partial charge in [-0.2, -0.15) is 0 Å². The van der Waals surface area contributed by atoms with Crippen LogP contribution in [0.4, 0.5) is 11.4 Å². The number of sulfone groups is 1. The molecular weight excluding hydrogens is 348 g/mol. The van der Waals surface area contributed by atoms with E-state index in [1.807, 2.05) is 0 Å². The minimum atomic E-state index is -3.53. The van der Waals surface area contributed by atoms with Crippen LogP contribution in [0.3, 0.4) is 0 Å². The third-order valence-corrected chi connectivity index (χ3v) is 5.39. The molecule has 2 rings (SSSR count). The number of hydrogen-bond donors (Lipinski definition) is 1. The van der Waals surface area contributed by atoms with Gasteiger partial charge in [0.05, 0.1) is 9.82 Å². The summed E-state index contributed by atoms with van der Waals surface area (Å²) in [5.41, 5.74) is 5.62. The number of rotatable bonds is 5. The van der Waals surface area contributed by atoms with E-state index in [4.69, 9.17) is 5.73 Å². The van der Waals surface area contributed by atoms with Crippen molar-refractivity contribution in [2.75, 3.05) is 43.9 Å². The number of benzene rings is 1. The van der Waals surface area contributed by atoms with Crippen LogP contribution >= 0.6 is 0 Å². The Kier molecular flexibility index (Phi) is 5.63. The van der Waals surface area contributed by atoms with Crippen LogP contribution in [-0.4, -0.2) is 63.1 Å². The minimum Gasteiger partial charge on any atom is -0.362 e. The smallest absolute Gasteiger partial charge is 0.293 e. The van der Waals surface area contributed by atoms with Crippen molar-refractivity contribution >= 4 is 27.1 Å². The predicted octanol–water partition coefficient (Wildman–Crippen LogP) is 0.242. The lowest BCUT2D eigenvalue weighted by Gasteiger charge is -2.36. The van der Waals surface area contributed by atoms with Gasteiger partial charge in [0, 0.05) is 51.0 Å². The summed E-state index contributed by atoms with van der Waals surface area (Å²) in [5, 5.41) is 11.3. The summed E-state index contributed by atoms with van der Waals surface area (Å²) in [5.74, 6) is -0.279. The molecule has 0 saturated carbocycles. The van der Waals surface area contributed by atoms with Gasteiger partial charge < -0.3 is 15.5 Å². The molecule has 1 unspecified atom stereocenters. The van der Waals surface area contributed by atoms with Crippen LogP contribution in [0.2, 0.25) is 0 Å². The Bertz CT molecular complexity index is 772. The van der Waals surface area contributed by atoms with Crippen molar-refractivity contribution in [2.24, 2.45) is 11.7 Å². The maximum atomic E-state index is 12.2. The lowest BCUT2D eigenvalue weighted by molar-refractivity contribution is -0.384. The second kappa shape index (κ2) is 7.36. The van der Waals surface area contributed by atoms with Crippen molar-refractivity contribution in [1.82, 2.24) is 4.90 Å². The summed E-state index contributed by atoms with van der Waals surface area (Å²) in [6.45, 7) is 3.79. The van der Waals surface area contributed by atoms with E-state index in [2.05, 4.69) is 0 Å². The van der Waals surface area contributed by atoms with E-state index in [1.165, 1.54) is 12.1 Å². The molecule has 2 N–H and O–H groups in total. The second-order valence-corrected chi connectivity index (χ2v) is 8.14. The summed E-state index contributed by atoms with van der Waals surface area (Å²) in [6, 6.07) is 3.90. The van der Waals surface area contributed by atoms with Crippen LogP contribution in [0, 0.1) is 16.0 Å². The molecule has 25 heavy (non-hydrogen) atoms. The first-order chi connectivity index (χ1) is 11.6. The van der Waals surface area contributed by atoms with Crippen molar-refractivity contribution in [3.63, 3.8) is 0 Å². The molecule has 138 valence electrons. The van der Waals surface area contributed by atoms with Crippen molar-refractivity contribution in [3.05, 3.63) is 28.3 Å². The molecule has 1 heterocycles. The van der Waals surface area contributed by atoms with Crippen molar-refractivity contribution in [1.29, 1.82) is 0 Å². The monoisotopic (exact) mass is 370 g/mol. The first kappa shape index (κ1) is 19.1. The summed E-state index contributed by atoms with van der Waals surface area (Å²) in [7, 11) is -3.53. The fourth-order valence-electron chi connectivity index (χ4n) is 2.73. The molecule has 1 aliphatic rings. The highest BCUT2D eigenvalue weighted by Crippen LogP contribution is 2.31. The van der Waals surface area contributed by atoms with Gasteiger partial charge in [-0.05, 0) is 12.1 Å². The van der Waals surface area contributed by atoms with E-state index >= 15 is 0 Å². The number of carbonyl (C=O) groups is 1. The molecule has 9 nitrogen and oxygen atoms in total. The molecule has 0 bridgehead atoms. The lowest BCUT2D eigenvalue weighted by atomic mass is 10.1. The van der Waals surface area contributed by atoms with Crippen molar-refractivity contribution in [3.8, 4) is 0 Å². The number of amides is 1. The van der Waals surface area contributed by atoms with Gasteiger partial charge in [-0.15, -0.1) is 0 Å². The predicted molar refractivity (Wildman–Crippen MR) is 93.2 cm³/mol. The first-order valence-corrected chi connectivity index (χ1v) is 9.76. The number of anilines is 1. The standard InChI is InChI=1S/C15H22N4O5S/c1-11(10-16)15(20)18-7-5-17(6-8-18)13-4-3-12(25(2,23)24)9-14(13)19(21)22/h3-4,9,11H,5-8,10,16H2,1-2H3. The molecule has 1 aromatic carbocycles. The van der Waals surface area contributed by atoms with Crippen LogP contribution in [0.15, 0.2) is 23.1 Å². The zero-order chi connectivity index (χ0) is 18.8.